The molecular formula is C18H27N3O2S2. The summed E-state index contributed by atoms with van der Waals surface area (Å²) in [5.41, 5.74) is 1.18. The molecular weight excluding hydrogens is 354 g/mol. The largest absolute Gasteiger partial charge is 0.392 e. The summed E-state index contributed by atoms with van der Waals surface area (Å²) >= 11 is 3.37. The molecule has 25 heavy (non-hydrogen) atoms. The molecule has 0 spiro atoms. The van der Waals surface area contributed by atoms with E-state index >= 15 is 0 Å². The van der Waals surface area contributed by atoms with Crippen LogP contribution in [0.1, 0.15) is 51.5 Å². The maximum atomic E-state index is 9.68. The van der Waals surface area contributed by atoms with Crippen molar-refractivity contribution in [1.82, 2.24) is 9.97 Å². The fourth-order valence-electron chi connectivity index (χ4n) is 2.92. The molecule has 0 unspecified atom stereocenters. The maximum absolute atomic E-state index is 9.68. The highest BCUT2D eigenvalue weighted by Crippen LogP contribution is 2.42. The van der Waals surface area contributed by atoms with Crippen molar-refractivity contribution in [3.8, 4) is 0 Å². The third-order valence-corrected chi connectivity index (χ3v) is 6.43. The molecule has 0 saturated carbocycles. The van der Waals surface area contributed by atoms with E-state index in [1.807, 2.05) is 0 Å². The Labute approximate surface area is 157 Å². The van der Waals surface area contributed by atoms with Gasteiger partial charge >= 0.3 is 0 Å². The number of ether oxygens (including phenoxy) is 1. The number of hydrogen-bond donors (Lipinski definition) is 2. The van der Waals surface area contributed by atoms with Crippen molar-refractivity contribution in [3.63, 3.8) is 0 Å². The van der Waals surface area contributed by atoms with Gasteiger partial charge in [0.15, 0.2) is 5.16 Å². The minimum absolute atomic E-state index is 0.131. The summed E-state index contributed by atoms with van der Waals surface area (Å²) in [5, 5.41) is 15.3. The van der Waals surface area contributed by atoms with Gasteiger partial charge in [-0.3, -0.25) is 0 Å². The topological polar surface area (TPSA) is 67.3 Å². The first-order valence-electron chi connectivity index (χ1n) is 8.86. The van der Waals surface area contributed by atoms with Crippen molar-refractivity contribution in [2.24, 2.45) is 0 Å². The maximum Gasteiger partial charge on any atom is 0.191 e. The molecule has 2 aromatic rings. The monoisotopic (exact) mass is 381 g/mol. The number of nitrogens with one attached hydrogen (secondary N) is 1. The second-order valence-electron chi connectivity index (χ2n) is 7.20. The van der Waals surface area contributed by atoms with E-state index in [1.165, 1.54) is 10.4 Å². The molecule has 0 radical (unpaired) electrons. The molecule has 2 atom stereocenters. The minimum atomic E-state index is -0.426. The quantitative estimate of drug-likeness (QED) is 0.577. The molecule has 3 rings (SSSR count). The number of aromatic nitrogens is 2. The van der Waals surface area contributed by atoms with E-state index in [9.17, 15) is 5.11 Å². The zero-order valence-electron chi connectivity index (χ0n) is 15.5. The van der Waals surface area contributed by atoms with Gasteiger partial charge in [0.25, 0.3) is 0 Å². The van der Waals surface area contributed by atoms with E-state index in [1.54, 1.807) is 30.0 Å². The Morgan fingerprint density at radius 2 is 2.12 bits per heavy atom. The number of thiophene rings is 1. The molecule has 2 N–H and O–H groups in total. The minimum Gasteiger partial charge on any atom is -0.392 e. The van der Waals surface area contributed by atoms with Gasteiger partial charge in [-0.1, -0.05) is 32.5 Å². The summed E-state index contributed by atoms with van der Waals surface area (Å²) in [5.74, 6) is 0.840. The standard InChI is InChI=1S/C18H27N3O2S2/c1-6-18(5)7-12-13(9-23-18)25-16-14(12)15(19-8-11(4)22)20-17(21-16)24-10(2)3/h10-11,22H,6-9H2,1-5H3,(H,19,20,21)/t11-,18+/m0/s1. The Kier molecular flexibility index (Phi) is 5.58. The average Bonchev–Trinajstić information content (AvgIpc) is 2.89. The van der Waals surface area contributed by atoms with Crippen molar-refractivity contribution in [2.75, 3.05) is 11.9 Å². The first-order valence-corrected chi connectivity index (χ1v) is 10.6. The zero-order chi connectivity index (χ0) is 18.2. The summed E-state index contributed by atoms with van der Waals surface area (Å²) < 4.78 is 6.10. The van der Waals surface area contributed by atoms with Gasteiger partial charge in [-0.25, -0.2) is 9.97 Å². The van der Waals surface area contributed by atoms with Crippen LogP contribution in [0.3, 0.4) is 0 Å². The SMILES string of the molecule is CC[C@]1(C)Cc2c(sc3nc(SC(C)C)nc(NC[C@H](C)O)c23)CO1. The van der Waals surface area contributed by atoms with E-state index in [2.05, 4.69) is 33.0 Å². The van der Waals surface area contributed by atoms with Crippen molar-refractivity contribution in [2.45, 2.75) is 76.2 Å². The lowest BCUT2D eigenvalue weighted by Crippen LogP contribution is -2.34. The Bertz CT molecular complexity index is 760. The molecule has 0 saturated heterocycles. The van der Waals surface area contributed by atoms with Gasteiger partial charge in [-0.15, -0.1) is 11.3 Å². The predicted molar refractivity (Wildman–Crippen MR) is 106 cm³/mol. The van der Waals surface area contributed by atoms with Gasteiger partial charge in [0, 0.05) is 23.1 Å². The van der Waals surface area contributed by atoms with Crippen LogP contribution in [0.4, 0.5) is 5.82 Å². The van der Waals surface area contributed by atoms with Gasteiger partial charge in [-0.2, -0.15) is 0 Å². The van der Waals surface area contributed by atoms with Crippen LogP contribution in [0, 0.1) is 0 Å². The number of rotatable bonds is 6. The highest BCUT2D eigenvalue weighted by Gasteiger charge is 2.33. The molecule has 5 nitrogen and oxygen atoms in total. The molecule has 0 aromatic carbocycles. The van der Waals surface area contributed by atoms with Crippen molar-refractivity contribution >= 4 is 39.1 Å². The molecule has 1 aliphatic heterocycles. The summed E-state index contributed by atoms with van der Waals surface area (Å²) in [6.45, 7) is 11.5. The van der Waals surface area contributed by atoms with Crippen LogP contribution in [0.15, 0.2) is 5.16 Å². The Hall–Kier alpha value is -0.890. The third kappa shape index (κ3) is 4.10. The number of thioether (sulfide) groups is 1. The van der Waals surface area contributed by atoms with Crippen LogP contribution in [-0.2, 0) is 17.8 Å². The van der Waals surface area contributed by atoms with E-state index in [-0.39, 0.29) is 5.60 Å². The van der Waals surface area contributed by atoms with E-state index in [0.29, 0.717) is 18.4 Å². The highest BCUT2D eigenvalue weighted by atomic mass is 32.2. The molecule has 7 heteroatoms. The molecule has 1 aliphatic rings. The molecule has 0 aliphatic carbocycles. The summed E-state index contributed by atoms with van der Waals surface area (Å²) in [6, 6.07) is 0. The number of hydrogen-bond acceptors (Lipinski definition) is 7. The first kappa shape index (κ1) is 18.9. The van der Waals surface area contributed by atoms with Crippen LogP contribution in [-0.4, -0.2) is 38.6 Å². The fourth-order valence-corrected chi connectivity index (χ4v) is 4.79. The second kappa shape index (κ2) is 7.39. The molecule has 138 valence electrons. The Morgan fingerprint density at radius 3 is 2.76 bits per heavy atom. The fraction of sp³-hybridized carbons (Fsp3) is 0.667. The van der Waals surface area contributed by atoms with Crippen molar-refractivity contribution < 1.29 is 9.84 Å². The molecule has 0 fully saturated rings. The van der Waals surface area contributed by atoms with Gasteiger partial charge in [0.1, 0.15) is 10.6 Å². The van der Waals surface area contributed by atoms with Crippen molar-refractivity contribution in [3.05, 3.63) is 10.4 Å². The number of nitrogens with zero attached hydrogens (tertiary/aromatic N) is 2. The molecule has 3 heterocycles. The molecule has 0 amide bonds. The van der Waals surface area contributed by atoms with Gasteiger partial charge < -0.3 is 15.2 Å². The van der Waals surface area contributed by atoms with E-state index < -0.39 is 6.10 Å². The zero-order valence-corrected chi connectivity index (χ0v) is 17.2. The summed E-state index contributed by atoms with van der Waals surface area (Å²) in [4.78, 5) is 11.8. The first-order chi connectivity index (χ1) is 11.8. The lowest BCUT2D eigenvalue weighted by atomic mass is 9.90. The highest BCUT2D eigenvalue weighted by molar-refractivity contribution is 7.99. The summed E-state index contributed by atoms with van der Waals surface area (Å²) in [6.07, 6.45) is 1.43. The second-order valence-corrected chi connectivity index (χ2v) is 9.83. The molecule has 2 aromatic heterocycles. The van der Waals surface area contributed by atoms with Gasteiger partial charge in [0.2, 0.25) is 0 Å². The van der Waals surface area contributed by atoms with E-state index in [0.717, 1.165) is 34.0 Å². The number of anilines is 1. The number of fused-ring (bicyclic) bond motifs is 3. The summed E-state index contributed by atoms with van der Waals surface area (Å²) in [7, 11) is 0. The Balaban J connectivity index is 2.09. The average molecular weight is 382 g/mol. The van der Waals surface area contributed by atoms with Gasteiger partial charge in [-0.05, 0) is 25.8 Å². The van der Waals surface area contributed by atoms with Crippen LogP contribution in [0.5, 0.6) is 0 Å². The van der Waals surface area contributed by atoms with Crippen LogP contribution in [0.25, 0.3) is 10.2 Å². The predicted octanol–water partition coefficient (Wildman–Crippen LogP) is 4.23. The Morgan fingerprint density at radius 1 is 1.36 bits per heavy atom. The lowest BCUT2D eigenvalue weighted by molar-refractivity contribution is -0.0542. The van der Waals surface area contributed by atoms with Crippen LogP contribution in [0.2, 0.25) is 0 Å². The van der Waals surface area contributed by atoms with Crippen LogP contribution < -0.4 is 5.32 Å². The molecule has 0 bridgehead atoms. The smallest absolute Gasteiger partial charge is 0.191 e. The normalized spacial score (nSPS) is 21.6. The van der Waals surface area contributed by atoms with Crippen molar-refractivity contribution in [1.29, 1.82) is 0 Å². The van der Waals surface area contributed by atoms with Gasteiger partial charge in [0.05, 0.1) is 23.7 Å². The lowest BCUT2D eigenvalue weighted by Gasteiger charge is -2.33. The van der Waals surface area contributed by atoms with E-state index in [4.69, 9.17) is 14.7 Å². The number of aliphatic hydroxyl groups is 1. The number of aliphatic hydroxyl groups excluding tert-OH is 1. The van der Waals surface area contributed by atoms with Crippen LogP contribution >= 0.6 is 23.1 Å². The third-order valence-electron chi connectivity index (χ3n) is 4.47.